The molecule has 0 radical (unpaired) electrons. The molecule has 3 rings (SSSR count). The third-order valence-electron chi connectivity index (χ3n) is 3.93. The highest BCUT2D eigenvalue weighted by molar-refractivity contribution is 5.89. The van der Waals surface area contributed by atoms with Crippen LogP contribution in [0.2, 0.25) is 0 Å². The summed E-state index contributed by atoms with van der Waals surface area (Å²) in [6.07, 6.45) is 1.50. The fraction of sp³-hybridized carbons (Fsp3) is 0.143. The van der Waals surface area contributed by atoms with Crippen LogP contribution in [0.4, 0.5) is 0 Å². The summed E-state index contributed by atoms with van der Waals surface area (Å²) < 4.78 is 16.2. The number of carbonyl (C=O) groups excluding carboxylic acids is 1. The summed E-state index contributed by atoms with van der Waals surface area (Å²) in [6, 6.07) is 19.0. The number of carbonyl (C=O) groups is 1. The van der Waals surface area contributed by atoms with Gasteiger partial charge in [0.1, 0.15) is 5.75 Å². The van der Waals surface area contributed by atoms with Crippen molar-refractivity contribution in [2.45, 2.75) is 0 Å². The molecule has 0 saturated carbocycles. The first-order chi connectivity index (χ1) is 13.2. The molecule has 6 nitrogen and oxygen atoms in total. The molecule has 0 fully saturated rings. The lowest BCUT2D eigenvalue weighted by Gasteiger charge is -2.10. The zero-order valence-corrected chi connectivity index (χ0v) is 15.1. The first kappa shape index (κ1) is 18.3. The molecule has 1 amide bonds. The number of nitrogens with zero attached hydrogens (tertiary/aromatic N) is 1. The summed E-state index contributed by atoms with van der Waals surface area (Å²) in [7, 11) is 3.11. The van der Waals surface area contributed by atoms with Crippen molar-refractivity contribution in [3.63, 3.8) is 0 Å². The lowest BCUT2D eigenvalue weighted by Crippen LogP contribution is -2.24. The zero-order chi connectivity index (χ0) is 19.1. The second-order valence-corrected chi connectivity index (χ2v) is 5.64. The van der Waals surface area contributed by atoms with Gasteiger partial charge in [0.2, 0.25) is 0 Å². The Balaban J connectivity index is 1.61. The van der Waals surface area contributed by atoms with E-state index in [0.29, 0.717) is 22.8 Å². The molecule has 138 valence electrons. The maximum atomic E-state index is 12.0. The molecule has 0 aliphatic rings. The van der Waals surface area contributed by atoms with Gasteiger partial charge in [-0.2, -0.15) is 5.10 Å². The number of ether oxygens (including phenoxy) is 3. The number of methoxy groups -OCH3 is 2. The summed E-state index contributed by atoms with van der Waals surface area (Å²) >= 11 is 0. The molecule has 3 aromatic carbocycles. The van der Waals surface area contributed by atoms with Crippen LogP contribution >= 0.6 is 0 Å². The van der Waals surface area contributed by atoms with Gasteiger partial charge in [-0.25, -0.2) is 5.43 Å². The Labute approximate surface area is 157 Å². The molecule has 0 heterocycles. The summed E-state index contributed by atoms with van der Waals surface area (Å²) in [6.45, 7) is -0.138. The molecule has 3 aromatic rings. The van der Waals surface area contributed by atoms with E-state index in [-0.39, 0.29) is 12.5 Å². The van der Waals surface area contributed by atoms with E-state index in [1.54, 1.807) is 20.3 Å². The Kier molecular flexibility index (Phi) is 5.89. The van der Waals surface area contributed by atoms with Crippen LogP contribution in [0.25, 0.3) is 10.8 Å². The van der Waals surface area contributed by atoms with Crippen molar-refractivity contribution in [2.24, 2.45) is 5.10 Å². The summed E-state index contributed by atoms with van der Waals surface area (Å²) in [5.41, 5.74) is 3.13. The van der Waals surface area contributed by atoms with Crippen molar-refractivity contribution >= 4 is 22.9 Å². The SMILES string of the molecule is COc1cccc(/C=N/NC(=O)COc2cccc3ccccc23)c1OC. The van der Waals surface area contributed by atoms with E-state index in [1.807, 2.05) is 54.6 Å². The number of nitrogens with one attached hydrogen (secondary N) is 1. The van der Waals surface area contributed by atoms with Gasteiger partial charge in [-0.15, -0.1) is 0 Å². The van der Waals surface area contributed by atoms with E-state index in [0.717, 1.165) is 10.8 Å². The molecule has 0 spiro atoms. The van der Waals surface area contributed by atoms with Crippen molar-refractivity contribution in [1.82, 2.24) is 5.43 Å². The van der Waals surface area contributed by atoms with E-state index in [9.17, 15) is 4.79 Å². The number of para-hydroxylation sites is 1. The Morgan fingerprint density at radius 2 is 1.70 bits per heavy atom. The lowest BCUT2D eigenvalue weighted by atomic mass is 10.1. The minimum absolute atomic E-state index is 0.138. The molecule has 1 N–H and O–H groups in total. The number of amides is 1. The number of fused-ring (bicyclic) bond motifs is 1. The minimum Gasteiger partial charge on any atom is -0.493 e. The molecule has 6 heteroatoms. The number of hydrogen-bond acceptors (Lipinski definition) is 5. The first-order valence-electron chi connectivity index (χ1n) is 8.36. The number of benzene rings is 3. The average Bonchev–Trinajstić information content (AvgIpc) is 2.71. The number of rotatable bonds is 7. The van der Waals surface area contributed by atoms with Crippen molar-refractivity contribution in [2.75, 3.05) is 20.8 Å². The Bertz CT molecular complexity index is 964. The summed E-state index contributed by atoms with van der Waals surface area (Å²) in [5, 5.41) is 5.97. The maximum absolute atomic E-state index is 12.0. The van der Waals surface area contributed by atoms with Gasteiger partial charge in [0, 0.05) is 10.9 Å². The van der Waals surface area contributed by atoms with Gasteiger partial charge in [0.25, 0.3) is 5.91 Å². The maximum Gasteiger partial charge on any atom is 0.277 e. The van der Waals surface area contributed by atoms with Crippen LogP contribution < -0.4 is 19.6 Å². The lowest BCUT2D eigenvalue weighted by molar-refractivity contribution is -0.123. The molecule has 0 aliphatic heterocycles. The molecule has 0 aliphatic carbocycles. The van der Waals surface area contributed by atoms with Crippen LogP contribution in [-0.2, 0) is 4.79 Å². The fourth-order valence-corrected chi connectivity index (χ4v) is 2.68. The van der Waals surface area contributed by atoms with Crippen LogP contribution in [0, 0.1) is 0 Å². The first-order valence-corrected chi connectivity index (χ1v) is 8.36. The second kappa shape index (κ2) is 8.71. The van der Waals surface area contributed by atoms with Crippen molar-refractivity contribution in [1.29, 1.82) is 0 Å². The molecular formula is C21H20N2O4. The largest absolute Gasteiger partial charge is 0.493 e. The van der Waals surface area contributed by atoms with Gasteiger partial charge >= 0.3 is 0 Å². The molecule has 27 heavy (non-hydrogen) atoms. The summed E-state index contributed by atoms with van der Waals surface area (Å²) in [5.74, 6) is 1.43. The van der Waals surface area contributed by atoms with Crippen molar-refractivity contribution in [3.8, 4) is 17.2 Å². The second-order valence-electron chi connectivity index (χ2n) is 5.64. The molecular weight excluding hydrogens is 344 g/mol. The molecule has 0 saturated heterocycles. The van der Waals surface area contributed by atoms with E-state index in [1.165, 1.54) is 6.21 Å². The van der Waals surface area contributed by atoms with Gasteiger partial charge in [-0.05, 0) is 23.6 Å². The van der Waals surface area contributed by atoms with Crippen LogP contribution in [0.3, 0.4) is 0 Å². The Morgan fingerprint density at radius 1 is 0.963 bits per heavy atom. The highest BCUT2D eigenvalue weighted by Crippen LogP contribution is 2.29. The van der Waals surface area contributed by atoms with Crippen LogP contribution in [-0.4, -0.2) is 32.9 Å². The topological polar surface area (TPSA) is 69.2 Å². The van der Waals surface area contributed by atoms with Gasteiger partial charge in [0.05, 0.1) is 20.4 Å². The van der Waals surface area contributed by atoms with E-state index >= 15 is 0 Å². The van der Waals surface area contributed by atoms with Crippen LogP contribution in [0.5, 0.6) is 17.2 Å². The number of hydrogen-bond donors (Lipinski definition) is 1. The van der Waals surface area contributed by atoms with E-state index < -0.39 is 0 Å². The standard InChI is InChI=1S/C21H20N2O4/c1-25-19-12-6-9-16(21(19)26-2)13-22-23-20(24)14-27-18-11-5-8-15-7-3-4-10-17(15)18/h3-13H,14H2,1-2H3,(H,23,24)/b22-13+. The molecule has 0 bridgehead atoms. The molecule has 0 unspecified atom stereocenters. The highest BCUT2D eigenvalue weighted by Gasteiger charge is 2.08. The van der Waals surface area contributed by atoms with Gasteiger partial charge in [0.15, 0.2) is 18.1 Å². The summed E-state index contributed by atoms with van der Waals surface area (Å²) in [4.78, 5) is 12.0. The van der Waals surface area contributed by atoms with Gasteiger partial charge in [-0.3, -0.25) is 4.79 Å². The van der Waals surface area contributed by atoms with Crippen molar-refractivity contribution in [3.05, 3.63) is 66.2 Å². The predicted molar refractivity (Wildman–Crippen MR) is 105 cm³/mol. The third-order valence-corrected chi connectivity index (χ3v) is 3.93. The average molecular weight is 364 g/mol. The minimum atomic E-state index is -0.360. The number of hydrazone groups is 1. The van der Waals surface area contributed by atoms with Crippen LogP contribution in [0.15, 0.2) is 65.8 Å². The van der Waals surface area contributed by atoms with E-state index in [4.69, 9.17) is 14.2 Å². The highest BCUT2D eigenvalue weighted by atomic mass is 16.5. The molecule has 0 atom stereocenters. The van der Waals surface area contributed by atoms with Crippen LogP contribution in [0.1, 0.15) is 5.56 Å². The smallest absolute Gasteiger partial charge is 0.277 e. The van der Waals surface area contributed by atoms with Crippen molar-refractivity contribution < 1.29 is 19.0 Å². The van der Waals surface area contributed by atoms with E-state index in [2.05, 4.69) is 10.5 Å². The fourth-order valence-electron chi connectivity index (χ4n) is 2.68. The normalized spacial score (nSPS) is 10.7. The molecule has 0 aromatic heterocycles. The monoisotopic (exact) mass is 364 g/mol. The Hall–Kier alpha value is -3.54. The zero-order valence-electron chi connectivity index (χ0n) is 15.1. The predicted octanol–water partition coefficient (Wildman–Crippen LogP) is 3.39. The Morgan fingerprint density at radius 3 is 2.52 bits per heavy atom. The quantitative estimate of drug-likeness (QED) is 0.515. The van der Waals surface area contributed by atoms with Gasteiger partial charge < -0.3 is 14.2 Å². The third kappa shape index (κ3) is 4.36. The van der Waals surface area contributed by atoms with Gasteiger partial charge in [-0.1, -0.05) is 42.5 Å².